The maximum absolute atomic E-state index is 13.5. The molecule has 1 aliphatic rings. The Hall–Kier alpha value is -2.96. The fourth-order valence-corrected chi connectivity index (χ4v) is 4.02. The predicted molar refractivity (Wildman–Crippen MR) is 105 cm³/mol. The molecule has 1 saturated heterocycles. The van der Waals surface area contributed by atoms with Crippen molar-refractivity contribution in [3.8, 4) is 0 Å². The molecule has 4 heterocycles. The topological polar surface area (TPSA) is 41.9 Å². The molecule has 0 amide bonds. The van der Waals surface area contributed by atoms with E-state index in [1.807, 2.05) is 30.3 Å². The highest BCUT2D eigenvalue weighted by molar-refractivity contribution is 5.50. The van der Waals surface area contributed by atoms with Gasteiger partial charge < -0.3 is 4.90 Å². The number of anilines is 1. The van der Waals surface area contributed by atoms with Crippen LogP contribution in [0.5, 0.6) is 0 Å². The van der Waals surface area contributed by atoms with Crippen molar-refractivity contribution in [1.29, 1.82) is 0 Å². The van der Waals surface area contributed by atoms with Gasteiger partial charge in [0.25, 0.3) is 0 Å². The van der Waals surface area contributed by atoms with Gasteiger partial charge in [-0.25, -0.2) is 4.98 Å². The second kappa shape index (κ2) is 8.19. The number of aromatic nitrogens is 3. The Kier molecular flexibility index (Phi) is 5.47. The van der Waals surface area contributed by atoms with Crippen molar-refractivity contribution in [2.24, 2.45) is 0 Å². The van der Waals surface area contributed by atoms with Gasteiger partial charge in [0.1, 0.15) is 11.9 Å². The Morgan fingerprint density at radius 1 is 0.966 bits per heavy atom. The summed E-state index contributed by atoms with van der Waals surface area (Å²) in [7, 11) is 0. The maximum atomic E-state index is 13.5. The highest BCUT2D eigenvalue weighted by Gasteiger charge is 2.46. The van der Waals surface area contributed by atoms with Gasteiger partial charge in [0.05, 0.1) is 0 Å². The van der Waals surface area contributed by atoms with Gasteiger partial charge in [-0.1, -0.05) is 18.2 Å². The normalized spacial score (nSPS) is 17.1. The second-order valence-electron chi connectivity index (χ2n) is 7.21. The van der Waals surface area contributed by atoms with E-state index in [0.29, 0.717) is 25.2 Å². The summed E-state index contributed by atoms with van der Waals surface area (Å²) in [6.45, 7) is 0.360. The minimum atomic E-state index is -4.27. The number of hydrogen-bond acceptors (Lipinski definition) is 4. The molecule has 1 aliphatic heterocycles. The summed E-state index contributed by atoms with van der Waals surface area (Å²) in [4.78, 5) is 14.2. The first-order chi connectivity index (χ1) is 14.0. The number of hydrogen-bond donors (Lipinski definition) is 0. The molecule has 4 nitrogen and oxygen atoms in total. The largest absolute Gasteiger partial charge is 0.408 e. The summed E-state index contributed by atoms with van der Waals surface area (Å²) in [6, 6.07) is 9.86. The lowest BCUT2D eigenvalue weighted by Gasteiger charge is -2.30. The van der Waals surface area contributed by atoms with E-state index in [1.54, 1.807) is 37.1 Å². The fraction of sp³-hybridized carbons (Fsp3) is 0.318. The molecule has 3 aromatic heterocycles. The van der Waals surface area contributed by atoms with E-state index < -0.39 is 12.2 Å². The summed E-state index contributed by atoms with van der Waals surface area (Å²) >= 11 is 0. The van der Waals surface area contributed by atoms with Gasteiger partial charge in [0.15, 0.2) is 0 Å². The van der Waals surface area contributed by atoms with E-state index in [4.69, 9.17) is 0 Å². The van der Waals surface area contributed by atoms with Gasteiger partial charge in [-0.15, -0.1) is 0 Å². The van der Waals surface area contributed by atoms with E-state index >= 15 is 0 Å². The Balaban J connectivity index is 1.71. The van der Waals surface area contributed by atoms with Crippen molar-refractivity contribution in [2.75, 3.05) is 11.4 Å². The lowest BCUT2D eigenvalue weighted by molar-refractivity contribution is -0.146. The Morgan fingerprint density at radius 3 is 2.21 bits per heavy atom. The van der Waals surface area contributed by atoms with Crippen molar-refractivity contribution >= 4 is 5.82 Å². The van der Waals surface area contributed by atoms with E-state index in [2.05, 4.69) is 15.0 Å². The van der Waals surface area contributed by atoms with Gasteiger partial charge >= 0.3 is 6.18 Å². The predicted octanol–water partition coefficient (Wildman–Crippen LogP) is 4.78. The molecule has 0 bridgehead atoms. The molecule has 0 N–H and O–H groups in total. The molecule has 0 aliphatic carbocycles. The second-order valence-corrected chi connectivity index (χ2v) is 7.21. The lowest BCUT2D eigenvalue weighted by Crippen LogP contribution is -2.42. The summed E-state index contributed by atoms with van der Waals surface area (Å²) in [5.41, 5.74) is 2.77. The van der Waals surface area contributed by atoms with Crippen LogP contribution < -0.4 is 4.90 Å². The minimum absolute atomic E-state index is 0.0766. The van der Waals surface area contributed by atoms with Crippen molar-refractivity contribution in [3.63, 3.8) is 0 Å². The Labute approximate surface area is 167 Å². The average Bonchev–Trinajstić information content (AvgIpc) is 3.24. The van der Waals surface area contributed by atoms with Gasteiger partial charge in [-0.2, -0.15) is 13.2 Å². The van der Waals surface area contributed by atoms with Crippen LogP contribution >= 0.6 is 0 Å². The van der Waals surface area contributed by atoms with Crippen LogP contribution in [0.15, 0.2) is 67.4 Å². The van der Waals surface area contributed by atoms with Crippen molar-refractivity contribution < 1.29 is 13.2 Å². The van der Waals surface area contributed by atoms with Crippen LogP contribution in [0.25, 0.3) is 0 Å². The number of nitrogens with zero attached hydrogens (tertiary/aromatic N) is 4. The van der Waals surface area contributed by atoms with E-state index in [9.17, 15) is 13.2 Å². The molecule has 7 heteroatoms. The molecular formula is C22H21F3N4. The molecule has 4 rings (SSSR count). The molecular weight excluding hydrogens is 377 g/mol. The number of rotatable bonds is 5. The van der Waals surface area contributed by atoms with Crippen molar-refractivity contribution in [2.45, 2.75) is 37.4 Å². The van der Waals surface area contributed by atoms with Gasteiger partial charge in [-0.05, 0) is 54.2 Å². The van der Waals surface area contributed by atoms with Crippen LogP contribution in [0, 0.1) is 0 Å². The molecule has 0 spiro atoms. The van der Waals surface area contributed by atoms with Crippen LogP contribution in [-0.4, -0.2) is 33.7 Å². The standard InChI is InChI=1S/C22H21F3N4/c23-22(24,25)20-8-4-12-29(20)21-16(5-3-11-28-21)13-19(17-6-1-9-26-14-17)18-7-2-10-27-15-18/h1-3,5-7,9-11,14-15,19-20H,4,8,12-13H2/t20-/m0/s1. The molecule has 1 atom stereocenters. The molecule has 0 unspecified atom stereocenters. The quantitative estimate of drug-likeness (QED) is 0.621. The molecule has 0 saturated carbocycles. The first-order valence-corrected chi connectivity index (χ1v) is 9.61. The first kappa shape index (κ1) is 19.4. The molecule has 0 aromatic carbocycles. The molecule has 29 heavy (non-hydrogen) atoms. The molecule has 150 valence electrons. The maximum Gasteiger partial charge on any atom is 0.408 e. The van der Waals surface area contributed by atoms with E-state index in [0.717, 1.165) is 16.7 Å². The van der Waals surface area contributed by atoms with Gasteiger partial charge in [-0.3, -0.25) is 9.97 Å². The lowest BCUT2D eigenvalue weighted by atomic mass is 9.87. The van der Waals surface area contributed by atoms with E-state index in [1.165, 1.54) is 4.90 Å². The number of alkyl halides is 3. The smallest absolute Gasteiger partial charge is 0.344 e. The fourth-order valence-electron chi connectivity index (χ4n) is 4.02. The number of pyridine rings is 3. The van der Waals surface area contributed by atoms with Crippen LogP contribution in [0.4, 0.5) is 19.0 Å². The van der Waals surface area contributed by atoms with Crippen LogP contribution in [0.3, 0.4) is 0 Å². The zero-order valence-electron chi connectivity index (χ0n) is 15.8. The Bertz CT molecular complexity index is 892. The molecule has 3 aromatic rings. The van der Waals surface area contributed by atoms with Gasteiger partial charge in [0, 0.05) is 43.4 Å². The number of halogens is 3. The van der Waals surface area contributed by atoms with Gasteiger partial charge in [0.2, 0.25) is 0 Å². The third-order valence-electron chi connectivity index (χ3n) is 5.37. The molecule has 1 fully saturated rings. The van der Waals surface area contributed by atoms with Crippen LogP contribution in [0.2, 0.25) is 0 Å². The highest BCUT2D eigenvalue weighted by Crippen LogP contribution is 2.38. The van der Waals surface area contributed by atoms with Crippen LogP contribution in [0.1, 0.15) is 35.4 Å². The van der Waals surface area contributed by atoms with Crippen LogP contribution in [-0.2, 0) is 6.42 Å². The first-order valence-electron chi connectivity index (χ1n) is 9.61. The zero-order chi connectivity index (χ0) is 20.3. The molecule has 0 radical (unpaired) electrons. The minimum Gasteiger partial charge on any atom is -0.344 e. The van der Waals surface area contributed by atoms with E-state index in [-0.39, 0.29) is 12.3 Å². The van der Waals surface area contributed by atoms with Crippen molar-refractivity contribution in [3.05, 3.63) is 84.1 Å². The van der Waals surface area contributed by atoms with Crippen molar-refractivity contribution in [1.82, 2.24) is 15.0 Å². The summed E-state index contributed by atoms with van der Waals surface area (Å²) in [5.74, 6) is 0.345. The Morgan fingerprint density at radius 2 is 1.62 bits per heavy atom. The summed E-state index contributed by atoms with van der Waals surface area (Å²) < 4.78 is 40.6. The third-order valence-corrected chi connectivity index (χ3v) is 5.37. The average molecular weight is 398 g/mol. The summed E-state index contributed by atoms with van der Waals surface area (Å²) in [6.07, 6.45) is 5.43. The third kappa shape index (κ3) is 4.23. The highest BCUT2D eigenvalue weighted by atomic mass is 19.4. The monoisotopic (exact) mass is 398 g/mol. The SMILES string of the molecule is FC(F)(F)[C@@H]1CCCN1c1ncccc1CC(c1cccnc1)c1cccnc1. The zero-order valence-corrected chi connectivity index (χ0v) is 15.8. The summed E-state index contributed by atoms with van der Waals surface area (Å²) in [5, 5.41) is 0.